The van der Waals surface area contributed by atoms with E-state index in [-0.39, 0.29) is 16.8 Å². The number of carbonyl (C=O) groups is 1. The molecule has 0 spiro atoms. The van der Waals surface area contributed by atoms with E-state index < -0.39 is 16.1 Å². The highest BCUT2D eigenvalue weighted by Gasteiger charge is 2.27. The molecule has 2 fully saturated rings. The van der Waals surface area contributed by atoms with Crippen molar-refractivity contribution in [3.05, 3.63) is 24.3 Å². The van der Waals surface area contributed by atoms with Crippen LogP contribution in [-0.2, 0) is 19.6 Å². The standard InChI is InChI=1S/C20H30N2O5S/c1-15-5-3-4-6-19(15)21-20(23)16(2)27-17-7-9-18(10-8-17)28(24,25)22-11-13-26-14-12-22/h7-10,15-16,19H,3-6,11-14H2,1-2H3,(H,21,23)/t15-,16+,19-/m0/s1. The van der Waals surface area contributed by atoms with E-state index in [9.17, 15) is 13.2 Å². The lowest BCUT2D eigenvalue weighted by molar-refractivity contribution is -0.128. The number of benzene rings is 1. The van der Waals surface area contributed by atoms with Gasteiger partial charge in [0.2, 0.25) is 10.0 Å². The number of hydrogen-bond donors (Lipinski definition) is 1. The average molecular weight is 411 g/mol. The van der Waals surface area contributed by atoms with Gasteiger partial charge >= 0.3 is 0 Å². The van der Waals surface area contributed by atoms with E-state index >= 15 is 0 Å². The molecule has 3 rings (SSSR count). The molecule has 3 atom stereocenters. The Morgan fingerprint density at radius 3 is 2.46 bits per heavy atom. The zero-order valence-electron chi connectivity index (χ0n) is 16.6. The Kier molecular flexibility index (Phi) is 6.95. The van der Waals surface area contributed by atoms with E-state index in [1.165, 1.54) is 22.9 Å². The Balaban J connectivity index is 1.58. The summed E-state index contributed by atoms with van der Waals surface area (Å²) in [4.78, 5) is 12.7. The Hall–Kier alpha value is -1.64. The monoisotopic (exact) mass is 410 g/mol. The molecule has 1 aliphatic carbocycles. The van der Waals surface area contributed by atoms with Gasteiger partial charge in [0, 0.05) is 19.1 Å². The van der Waals surface area contributed by atoms with Gasteiger partial charge in [0.1, 0.15) is 5.75 Å². The fourth-order valence-electron chi connectivity index (χ4n) is 3.71. The molecule has 8 heteroatoms. The van der Waals surface area contributed by atoms with Crippen LogP contribution in [0.15, 0.2) is 29.2 Å². The SMILES string of the molecule is C[C@@H](Oc1ccc(S(=O)(=O)N2CCOCC2)cc1)C(=O)N[C@H]1CCCC[C@@H]1C. The number of amides is 1. The quantitative estimate of drug-likeness (QED) is 0.777. The largest absolute Gasteiger partial charge is 0.481 e. The molecule has 28 heavy (non-hydrogen) atoms. The van der Waals surface area contributed by atoms with Crippen LogP contribution in [0.4, 0.5) is 0 Å². The van der Waals surface area contributed by atoms with Crippen molar-refractivity contribution < 1.29 is 22.7 Å². The summed E-state index contributed by atoms with van der Waals surface area (Å²) in [5.74, 6) is 0.818. The van der Waals surface area contributed by atoms with Gasteiger partial charge in [0.15, 0.2) is 6.10 Å². The number of hydrogen-bond acceptors (Lipinski definition) is 5. The lowest BCUT2D eigenvalue weighted by Gasteiger charge is -2.30. The zero-order valence-corrected chi connectivity index (χ0v) is 17.4. The summed E-state index contributed by atoms with van der Waals surface area (Å²) in [6.07, 6.45) is 3.87. The molecule has 7 nitrogen and oxygen atoms in total. The first-order valence-electron chi connectivity index (χ1n) is 10.0. The smallest absolute Gasteiger partial charge is 0.261 e. The van der Waals surface area contributed by atoms with Crippen LogP contribution < -0.4 is 10.1 Å². The second kappa shape index (κ2) is 9.24. The molecular formula is C20H30N2O5S. The molecule has 1 aromatic carbocycles. The predicted molar refractivity (Wildman–Crippen MR) is 106 cm³/mol. The second-order valence-electron chi connectivity index (χ2n) is 7.62. The highest BCUT2D eigenvalue weighted by Crippen LogP contribution is 2.24. The van der Waals surface area contributed by atoms with Crippen molar-refractivity contribution in [3.63, 3.8) is 0 Å². The van der Waals surface area contributed by atoms with Crippen LogP contribution in [0.25, 0.3) is 0 Å². The number of nitrogens with zero attached hydrogens (tertiary/aromatic N) is 1. The lowest BCUT2D eigenvalue weighted by Crippen LogP contribution is -2.46. The van der Waals surface area contributed by atoms with Crippen LogP contribution in [0, 0.1) is 5.92 Å². The van der Waals surface area contributed by atoms with Crippen molar-refractivity contribution in [1.82, 2.24) is 9.62 Å². The normalized spacial score (nSPS) is 25.1. The Labute approximate surface area is 167 Å². The van der Waals surface area contributed by atoms with Gasteiger partial charge in [-0.3, -0.25) is 4.79 Å². The van der Waals surface area contributed by atoms with Gasteiger partial charge in [-0.1, -0.05) is 19.8 Å². The first-order valence-corrected chi connectivity index (χ1v) is 11.5. The lowest BCUT2D eigenvalue weighted by atomic mass is 9.86. The van der Waals surface area contributed by atoms with Gasteiger partial charge in [-0.2, -0.15) is 4.31 Å². The molecule has 1 N–H and O–H groups in total. The summed E-state index contributed by atoms with van der Waals surface area (Å²) in [6, 6.07) is 6.44. The minimum Gasteiger partial charge on any atom is -0.481 e. The van der Waals surface area contributed by atoms with Gasteiger partial charge < -0.3 is 14.8 Å². The highest BCUT2D eigenvalue weighted by atomic mass is 32.2. The van der Waals surface area contributed by atoms with E-state index in [1.54, 1.807) is 19.1 Å². The Morgan fingerprint density at radius 1 is 1.18 bits per heavy atom. The summed E-state index contributed by atoms with van der Waals surface area (Å²) in [7, 11) is -3.53. The summed E-state index contributed by atoms with van der Waals surface area (Å²) in [5, 5.41) is 3.09. The molecule has 1 aromatic rings. The van der Waals surface area contributed by atoms with Crippen LogP contribution in [0.1, 0.15) is 39.5 Å². The summed E-state index contributed by atoms with van der Waals surface area (Å²) in [5.41, 5.74) is 0. The molecule has 156 valence electrons. The molecule has 1 amide bonds. The number of sulfonamides is 1. The van der Waals surface area contributed by atoms with E-state index in [4.69, 9.17) is 9.47 Å². The van der Waals surface area contributed by atoms with Gasteiger partial charge in [-0.15, -0.1) is 0 Å². The maximum Gasteiger partial charge on any atom is 0.261 e. The molecule has 1 saturated carbocycles. The number of ether oxygens (including phenoxy) is 2. The fraction of sp³-hybridized carbons (Fsp3) is 0.650. The predicted octanol–water partition coefficient (Wildman–Crippen LogP) is 2.17. The van der Waals surface area contributed by atoms with Gasteiger partial charge in [0.25, 0.3) is 5.91 Å². The minimum absolute atomic E-state index is 0.135. The first-order chi connectivity index (χ1) is 13.4. The molecule has 1 saturated heterocycles. The van der Waals surface area contributed by atoms with E-state index in [1.807, 2.05) is 0 Å². The van der Waals surface area contributed by atoms with Crippen LogP contribution in [0.5, 0.6) is 5.75 Å². The van der Waals surface area contributed by atoms with Crippen molar-refractivity contribution >= 4 is 15.9 Å². The van der Waals surface area contributed by atoms with Gasteiger partial charge in [-0.05, 0) is 49.9 Å². The first kappa shape index (κ1) is 21.1. The third-order valence-electron chi connectivity index (χ3n) is 5.55. The van der Waals surface area contributed by atoms with E-state index in [0.29, 0.717) is 38.0 Å². The Morgan fingerprint density at radius 2 is 1.82 bits per heavy atom. The number of nitrogens with one attached hydrogen (secondary N) is 1. The topological polar surface area (TPSA) is 84.9 Å². The van der Waals surface area contributed by atoms with E-state index in [2.05, 4.69) is 12.2 Å². The number of rotatable bonds is 6. The maximum absolute atomic E-state index is 12.6. The number of carbonyl (C=O) groups excluding carboxylic acids is 1. The highest BCUT2D eigenvalue weighted by molar-refractivity contribution is 7.89. The fourth-order valence-corrected chi connectivity index (χ4v) is 5.12. The molecule has 1 heterocycles. The zero-order chi connectivity index (χ0) is 20.1. The molecule has 1 aliphatic heterocycles. The third kappa shape index (κ3) is 5.04. The molecule has 2 aliphatic rings. The second-order valence-corrected chi connectivity index (χ2v) is 9.56. The van der Waals surface area contributed by atoms with Crippen molar-refractivity contribution in [3.8, 4) is 5.75 Å². The van der Waals surface area contributed by atoms with Crippen LogP contribution in [-0.4, -0.2) is 57.1 Å². The summed E-state index contributed by atoms with van der Waals surface area (Å²) in [6.45, 7) is 5.42. The van der Waals surface area contributed by atoms with Crippen LogP contribution in [0.2, 0.25) is 0 Å². The molecule has 0 bridgehead atoms. The van der Waals surface area contributed by atoms with Crippen LogP contribution >= 0.6 is 0 Å². The summed E-state index contributed by atoms with van der Waals surface area (Å²) >= 11 is 0. The van der Waals surface area contributed by atoms with Gasteiger partial charge in [-0.25, -0.2) is 8.42 Å². The molecule has 0 aromatic heterocycles. The van der Waals surface area contributed by atoms with Gasteiger partial charge in [0.05, 0.1) is 18.1 Å². The van der Waals surface area contributed by atoms with Crippen molar-refractivity contribution in [2.24, 2.45) is 5.92 Å². The molecule has 0 unspecified atom stereocenters. The third-order valence-corrected chi connectivity index (χ3v) is 7.47. The minimum atomic E-state index is -3.53. The number of morpholine rings is 1. The summed E-state index contributed by atoms with van der Waals surface area (Å²) < 4.78 is 37.7. The Bertz CT molecular complexity index is 759. The molecule has 0 radical (unpaired) electrons. The van der Waals surface area contributed by atoms with Crippen molar-refractivity contribution in [2.75, 3.05) is 26.3 Å². The van der Waals surface area contributed by atoms with E-state index in [0.717, 1.165) is 19.3 Å². The molecular weight excluding hydrogens is 380 g/mol. The average Bonchev–Trinajstić information content (AvgIpc) is 2.70. The van der Waals surface area contributed by atoms with Crippen molar-refractivity contribution in [2.45, 2.75) is 56.6 Å². The van der Waals surface area contributed by atoms with Crippen molar-refractivity contribution in [1.29, 1.82) is 0 Å². The maximum atomic E-state index is 12.6. The van der Waals surface area contributed by atoms with Crippen LogP contribution in [0.3, 0.4) is 0 Å².